The van der Waals surface area contributed by atoms with Gasteiger partial charge in [-0.15, -0.1) is 11.8 Å². The molecule has 2 heterocycles. The van der Waals surface area contributed by atoms with Crippen molar-refractivity contribution in [3.05, 3.63) is 54.1 Å². The number of rotatable bonds is 2. The zero-order chi connectivity index (χ0) is 16.7. The zero-order valence-corrected chi connectivity index (χ0v) is 14.6. The highest BCUT2D eigenvalue weighted by molar-refractivity contribution is 8.00. The Labute approximate surface area is 146 Å². The minimum atomic E-state index is -0.463. The molecule has 2 atom stereocenters. The molecule has 0 saturated carbocycles. The average molecular weight is 340 g/mol. The van der Waals surface area contributed by atoms with E-state index in [1.165, 1.54) is 17.0 Å². The fraction of sp³-hybridized carbons (Fsp3) is 0.316. The summed E-state index contributed by atoms with van der Waals surface area (Å²) >= 11 is 2.00. The van der Waals surface area contributed by atoms with Crippen molar-refractivity contribution in [2.75, 3.05) is 23.0 Å². The summed E-state index contributed by atoms with van der Waals surface area (Å²) in [5.41, 5.74) is 3.38. The molecule has 1 fully saturated rings. The van der Waals surface area contributed by atoms with Crippen molar-refractivity contribution >= 4 is 29.2 Å². The van der Waals surface area contributed by atoms with Gasteiger partial charge in [-0.05, 0) is 48.1 Å². The van der Waals surface area contributed by atoms with Gasteiger partial charge in [-0.2, -0.15) is 0 Å². The fourth-order valence-corrected chi connectivity index (χ4v) is 5.45. The van der Waals surface area contributed by atoms with E-state index in [-0.39, 0.29) is 5.41 Å². The Hall–Kier alpha value is -2.14. The Morgan fingerprint density at radius 3 is 2.88 bits per heavy atom. The number of nitrogens with one attached hydrogen (secondary N) is 1. The van der Waals surface area contributed by atoms with E-state index in [0.29, 0.717) is 11.1 Å². The van der Waals surface area contributed by atoms with Crippen LogP contribution < -0.4 is 15.0 Å². The molecule has 0 spiro atoms. The van der Waals surface area contributed by atoms with Gasteiger partial charge in [-0.1, -0.05) is 25.1 Å². The van der Waals surface area contributed by atoms with Crippen molar-refractivity contribution in [1.29, 1.82) is 0 Å². The van der Waals surface area contributed by atoms with Crippen LogP contribution in [0.1, 0.15) is 18.9 Å². The molecule has 5 heteroatoms. The summed E-state index contributed by atoms with van der Waals surface area (Å²) in [6.07, 6.45) is 0.689. The van der Waals surface area contributed by atoms with Crippen LogP contribution in [0, 0.1) is 0 Å². The van der Waals surface area contributed by atoms with Crippen molar-refractivity contribution < 1.29 is 9.53 Å². The molecule has 0 radical (unpaired) electrons. The van der Waals surface area contributed by atoms with Gasteiger partial charge in [0, 0.05) is 23.8 Å². The second kappa shape index (κ2) is 5.74. The van der Waals surface area contributed by atoms with E-state index in [1.807, 2.05) is 54.2 Å². The van der Waals surface area contributed by atoms with E-state index >= 15 is 0 Å². The van der Waals surface area contributed by atoms with Crippen molar-refractivity contribution in [3.63, 3.8) is 0 Å². The monoisotopic (exact) mass is 340 g/mol. The number of para-hydroxylation sites is 1. The lowest BCUT2D eigenvalue weighted by molar-refractivity contribution is 0.215. The summed E-state index contributed by atoms with van der Waals surface area (Å²) in [6, 6.07) is 15.3. The summed E-state index contributed by atoms with van der Waals surface area (Å²) in [5.74, 6) is 1.76. The summed E-state index contributed by atoms with van der Waals surface area (Å²) in [7, 11) is 2.15. The van der Waals surface area contributed by atoms with E-state index in [0.717, 1.165) is 12.1 Å². The maximum Gasteiger partial charge on any atom is 0.417 e. The first kappa shape index (κ1) is 15.4. The van der Waals surface area contributed by atoms with Gasteiger partial charge >= 0.3 is 6.09 Å². The average Bonchev–Trinajstić information content (AvgIpc) is 3.05. The van der Waals surface area contributed by atoms with Crippen molar-refractivity contribution in [2.24, 2.45) is 0 Å². The molecule has 0 unspecified atom stereocenters. The van der Waals surface area contributed by atoms with Crippen LogP contribution in [0.15, 0.2) is 48.5 Å². The quantitative estimate of drug-likeness (QED) is 0.876. The number of nitrogens with zero attached hydrogens (tertiary/aromatic N) is 1. The molecule has 4 rings (SSSR count). The van der Waals surface area contributed by atoms with Crippen LogP contribution in [0.3, 0.4) is 0 Å². The highest BCUT2D eigenvalue weighted by Gasteiger charge is 2.50. The zero-order valence-electron chi connectivity index (χ0n) is 13.8. The topological polar surface area (TPSA) is 41.6 Å². The van der Waals surface area contributed by atoms with Gasteiger partial charge in [0.2, 0.25) is 0 Å². The molecule has 1 saturated heterocycles. The van der Waals surface area contributed by atoms with Crippen LogP contribution in [-0.2, 0) is 5.41 Å². The molecular formula is C19H20N2O2S. The van der Waals surface area contributed by atoms with Crippen LogP contribution in [0.2, 0.25) is 0 Å². The molecular weight excluding hydrogens is 320 g/mol. The van der Waals surface area contributed by atoms with Gasteiger partial charge < -0.3 is 9.64 Å². The Kier molecular flexibility index (Phi) is 3.68. The second-order valence-electron chi connectivity index (χ2n) is 6.56. The maximum atomic E-state index is 12.1. The summed E-state index contributed by atoms with van der Waals surface area (Å²) in [4.78, 5) is 14.5. The minimum Gasteiger partial charge on any atom is -0.410 e. The number of likely N-dealkylation sites (N-methyl/N-ethyl adjacent to an activating group) is 1. The van der Waals surface area contributed by atoms with Crippen molar-refractivity contribution in [2.45, 2.75) is 24.1 Å². The number of hydrogen-bond acceptors (Lipinski definition) is 4. The predicted octanol–water partition coefficient (Wildman–Crippen LogP) is 4.47. The fourth-order valence-electron chi connectivity index (χ4n) is 3.74. The molecule has 2 aliphatic rings. The van der Waals surface area contributed by atoms with Gasteiger partial charge in [0.25, 0.3) is 0 Å². The lowest BCUT2D eigenvalue weighted by Crippen LogP contribution is -2.34. The van der Waals surface area contributed by atoms with Crippen LogP contribution in [0.5, 0.6) is 5.75 Å². The number of carbonyl (C=O) groups excluding carboxylic acids is 1. The molecule has 1 amide bonds. The van der Waals surface area contributed by atoms with Gasteiger partial charge in [0.15, 0.2) is 0 Å². The lowest BCUT2D eigenvalue weighted by Gasteiger charge is -2.27. The number of amides is 1. The predicted molar refractivity (Wildman–Crippen MR) is 99.1 cm³/mol. The van der Waals surface area contributed by atoms with Crippen molar-refractivity contribution in [1.82, 2.24) is 0 Å². The third kappa shape index (κ3) is 2.44. The Balaban J connectivity index is 1.55. The summed E-state index contributed by atoms with van der Waals surface area (Å²) in [6.45, 7) is 2.31. The number of benzene rings is 2. The number of fused-ring (bicyclic) bond motifs is 3. The number of thioether (sulfide) groups is 1. The van der Waals surface area contributed by atoms with Gasteiger partial charge in [0.1, 0.15) is 5.75 Å². The van der Waals surface area contributed by atoms with Crippen LogP contribution in [-0.4, -0.2) is 24.3 Å². The number of ether oxygens (including phenoxy) is 1. The van der Waals surface area contributed by atoms with Gasteiger partial charge in [-0.3, -0.25) is 5.32 Å². The SMILES string of the molecule is CN1c2ccc(OC(=O)Nc3ccccc3)cc2[C@]2(C)CCS[C@H]12. The first-order chi connectivity index (χ1) is 11.6. The standard InChI is InChI=1S/C19H20N2O2S/c1-19-10-11-24-17(19)21(2)16-9-8-14(12-15(16)19)23-18(22)20-13-6-4-3-5-7-13/h3-9,12,17H,10-11H2,1-2H3,(H,20,22)/t17-,19-/m0/s1. The number of carbonyl (C=O) groups is 1. The lowest BCUT2D eigenvalue weighted by atomic mass is 9.82. The summed E-state index contributed by atoms with van der Waals surface area (Å²) < 4.78 is 5.50. The van der Waals surface area contributed by atoms with Crippen molar-refractivity contribution in [3.8, 4) is 5.75 Å². The third-order valence-electron chi connectivity index (χ3n) is 4.99. The molecule has 2 aromatic carbocycles. The Bertz CT molecular complexity index is 780. The van der Waals surface area contributed by atoms with Crippen LogP contribution in [0.25, 0.3) is 0 Å². The first-order valence-corrected chi connectivity index (χ1v) is 9.16. The Morgan fingerprint density at radius 1 is 1.29 bits per heavy atom. The maximum absolute atomic E-state index is 12.1. The van der Waals surface area contributed by atoms with Crippen LogP contribution >= 0.6 is 11.8 Å². The van der Waals surface area contributed by atoms with Gasteiger partial charge in [0.05, 0.1) is 5.37 Å². The minimum absolute atomic E-state index is 0.129. The first-order valence-electron chi connectivity index (χ1n) is 8.11. The molecule has 0 aromatic heterocycles. The van der Waals surface area contributed by atoms with E-state index in [2.05, 4.69) is 30.3 Å². The number of anilines is 2. The Morgan fingerprint density at radius 2 is 2.08 bits per heavy atom. The smallest absolute Gasteiger partial charge is 0.410 e. The van der Waals surface area contributed by atoms with E-state index in [4.69, 9.17) is 4.74 Å². The molecule has 24 heavy (non-hydrogen) atoms. The largest absolute Gasteiger partial charge is 0.417 e. The van der Waals surface area contributed by atoms with Gasteiger partial charge in [-0.25, -0.2) is 4.79 Å². The molecule has 1 N–H and O–H groups in total. The van der Waals surface area contributed by atoms with E-state index in [1.54, 1.807) is 0 Å². The molecule has 2 aromatic rings. The summed E-state index contributed by atoms with van der Waals surface area (Å²) in [5, 5.41) is 3.22. The van der Waals surface area contributed by atoms with Crippen LogP contribution in [0.4, 0.5) is 16.2 Å². The normalized spacial score (nSPS) is 24.4. The molecule has 4 nitrogen and oxygen atoms in total. The highest BCUT2D eigenvalue weighted by Crippen LogP contribution is 2.55. The second-order valence-corrected chi connectivity index (χ2v) is 7.75. The molecule has 2 aliphatic heterocycles. The highest BCUT2D eigenvalue weighted by atomic mass is 32.2. The number of hydrogen-bond donors (Lipinski definition) is 1. The third-order valence-corrected chi connectivity index (χ3v) is 6.58. The van der Waals surface area contributed by atoms with E-state index in [9.17, 15) is 4.79 Å². The molecule has 124 valence electrons. The van der Waals surface area contributed by atoms with E-state index < -0.39 is 6.09 Å². The molecule has 0 bridgehead atoms. The molecule has 0 aliphatic carbocycles.